The predicted molar refractivity (Wildman–Crippen MR) is 98.1 cm³/mol. The van der Waals surface area contributed by atoms with Gasteiger partial charge in [0, 0.05) is 36.5 Å². The third-order valence-corrected chi connectivity index (χ3v) is 3.54. The molecule has 2 rings (SSSR count). The van der Waals surface area contributed by atoms with Gasteiger partial charge in [-0.1, -0.05) is 0 Å². The lowest BCUT2D eigenvalue weighted by molar-refractivity contribution is -0.384. The van der Waals surface area contributed by atoms with Crippen molar-refractivity contribution in [2.24, 2.45) is 0 Å². The number of anilines is 1. The van der Waals surface area contributed by atoms with Crippen LogP contribution in [0.5, 0.6) is 11.5 Å². The van der Waals surface area contributed by atoms with Crippen molar-refractivity contribution in [1.29, 1.82) is 0 Å². The minimum absolute atomic E-state index is 0.0355. The summed E-state index contributed by atoms with van der Waals surface area (Å²) in [5.74, 6) is 0.867. The second-order valence-corrected chi connectivity index (χ2v) is 5.29. The smallest absolute Gasteiger partial charge is 0.269 e. The van der Waals surface area contributed by atoms with Gasteiger partial charge in [-0.25, -0.2) is 0 Å². The maximum Gasteiger partial charge on any atom is 0.269 e. The van der Waals surface area contributed by atoms with Gasteiger partial charge >= 0.3 is 0 Å². The molecule has 2 aromatic carbocycles. The zero-order valence-electron chi connectivity index (χ0n) is 14.7. The Kier molecular flexibility index (Phi) is 6.78. The molecule has 0 aliphatic carbocycles. The zero-order valence-corrected chi connectivity index (χ0v) is 14.7. The normalized spacial score (nSPS) is 10.1. The third kappa shape index (κ3) is 5.10. The molecule has 1 amide bonds. The van der Waals surface area contributed by atoms with Crippen molar-refractivity contribution in [2.45, 2.75) is 6.92 Å². The van der Waals surface area contributed by atoms with E-state index in [9.17, 15) is 14.9 Å². The number of nitro groups is 1. The molecule has 138 valence electrons. The molecule has 0 spiro atoms. The first kappa shape index (κ1) is 19.0. The standard InChI is InChI=1S/C18H21N3O5/c1-3-26-16-9-4-13(12-17(16)25-2)18(22)20-11-10-19-14-5-7-15(8-6-14)21(23)24/h4-9,12,19H,3,10-11H2,1-2H3,(H,20,22). The van der Waals surface area contributed by atoms with Crippen LogP contribution in [0.15, 0.2) is 42.5 Å². The molecule has 2 aromatic rings. The molecule has 8 nitrogen and oxygen atoms in total. The Morgan fingerprint density at radius 1 is 1.12 bits per heavy atom. The van der Waals surface area contributed by atoms with Gasteiger partial charge < -0.3 is 20.1 Å². The molecule has 0 aliphatic heterocycles. The Labute approximate surface area is 151 Å². The van der Waals surface area contributed by atoms with Gasteiger partial charge in [0.05, 0.1) is 18.6 Å². The average molecular weight is 359 g/mol. The number of nitrogens with one attached hydrogen (secondary N) is 2. The Balaban J connectivity index is 1.84. The molecule has 0 saturated heterocycles. The summed E-state index contributed by atoms with van der Waals surface area (Å²) in [6.45, 7) is 3.26. The first-order valence-corrected chi connectivity index (χ1v) is 8.12. The Morgan fingerprint density at radius 2 is 1.85 bits per heavy atom. The number of ether oxygens (including phenoxy) is 2. The lowest BCUT2D eigenvalue weighted by Crippen LogP contribution is -2.28. The fraction of sp³-hybridized carbons (Fsp3) is 0.278. The highest BCUT2D eigenvalue weighted by atomic mass is 16.6. The summed E-state index contributed by atoms with van der Waals surface area (Å²) in [5, 5.41) is 16.5. The molecule has 0 atom stereocenters. The van der Waals surface area contributed by atoms with Crippen LogP contribution in [0.4, 0.5) is 11.4 Å². The number of nitrogens with zero attached hydrogens (tertiary/aromatic N) is 1. The molecule has 0 heterocycles. The van der Waals surface area contributed by atoms with Crippen LogP contribution in [0.2, 0.25) is 0 Å². The van der Waals surface area contributed by atoms with E-state index >= 15 is 0 Å². The number of amides is 1. The SMILES string of the molecule is CCOc1ccc(C(=O)NCCNc2ccc([N+](=O)[O-])cc2)cc1OC. The number of benzene rings is 2. The van der Waals surface area contributed by atoms with Crippen molar-refractivity contribution in [3.63, 3.8) is 0 Å². The summed E-state index contributed by atoms with van der Waals surface area (Å²) >= 11 is 0. The van der Waals surface area contributed by atoms with E-state index in [1.54, 1.807) is 30.3 Å². The molecule has 26 heavy (non-hydrogen) atoms. The fourth-order valence-corrected chi connectivity index (χ4v) is 2.27. The van der Waals surface area contributed by atoms with Gasteiger partial charge in [-0.05, 0) is 37.3 Å². The van der Waals surface area contributed by atoms with E-state index in [2.05, 4.69) is 10.6 Å². The van der Waals surface area contributed by atoms with Crippen molar-refractivity contribution >= 4 is 17.3 Å². The van der Waals surface area contributed by atoms with E-state index in [4.69, 9.17) is 9.47 Å². The number of non-ortho nitro benzene ring substituents is 1. The number of hydrogen-bond donors (Lipinski definition) is 2. The van der Waals surface area contributed by atoms with Crippen LogP contribution < -0.4 is 20.1 Å². The first-order chi connectivity index (χ1) is 12.5. The Bertz CT molecular complexity index is 762. The van der Waals surface area contributed by atoms with E-state index in [0.717, 1.165) is 5.69 Å². The third-order valence-electron chi connectivity index (χ3n) is 3.54. The highest BCUT2D eigenvalue weighted by molar-refractivity contribution is 5.94. The van der Waals surface area contributed by atoms with Crippen molar-refractivity contribution in [1.82, 2.24) is 5.32 Å². The number of nitro benzene ring substituents is 1. The van der Waals surface area contributed by atoms with E-state index in [1.807, 2.05) is 6.92 Å². The fourth-order valence-electron chi connectivity index (χ4n) is 2.27. The van der Waals surface area contributed by atoms with Gasteiger partial charge in [-0.15, -0.1) is 0 Å². The van der Waals surface area contributed by atoms with Crippen LogP contribution in [0.1, 0.15) is 17.3 Å². The maximum atomic E-state index is 12.2. The molecule has 8 heteroatoms. The molecule has 0 aliphatic rings. The molecule has 2 N–H and O–H groups in total. The van der Waals surface area contributed by atoms with E-state index < -0.39 is 4.92 Å². The average Bonchev–Trinajstić information content (AvgIpc) is 2.66. The van der Waals surface area contributed by atoms with E-state index in [-0.39, 0.29) is 11.6 Å². The summed E-state index contributed by atoms with van der Waals surface area (Å²) in [6.07, 6.45) is 0. The van der Waals surface area contributed by atoms with Crippen LogP contribution in [-0.4, -0.2) is 37.6 Å². The van der Waals surface area contributed by atoms with Gasteiger partial charge in [-0.3, -0.25) is 14.9 Å². The topological polar surface area (TPSA) is 103 Å². The van der Waals surface area contributed by atoms with Crippen LogP contribution in [0, 0.1) is 10.1 Å². The summed E-state index contributed by atoms with van der Waals surface area (Å²) in [4.78, 5) is 22.4. The van der Waals surface area contributed by atoms with Crippen molar-refractivity contribution in [2.75, 3.05) is 32.1 Å². The quantitative estimate of drug-likeness (QED) is 0.405. The predicted octanol–water partition coefficient (Wildman–Crippen LogP) is 2.84. The van der Waals surface area contributed by atoms with E-state index in [0.29, 0.717) is 36.8 Å². The summed E-state index contributed by atoms with van der Waals surface area (Å²) < 4.78 is 10.7. The Morgan fingerprint density at radius 3 is 2.46 bits per heavy atom. The highest BCUT2D eigenvalue weighted by Crippen LogP contribution is 2.27. The summed E-state index contributed by atoms with van der Waals surface area (Å²) in [7, 11) is 1.52. The molecule has 0 unspecified atom stereocenters. The van der Waals surface area contributed by atoms with E-state index in [1.165, 1.54) is 19.2 Å². The molecule has 0 fully saturated rings. The van der Waals surface area contributed by atoms with Gasteiger partial charge in [-0.2, -0.15) is 0 Å². The Hall–Kier alpha value is -3.29. The van der Waals surface area contributed by atoms with Crippen LogP contribution in [0.3, 0.4) is 0 Å². The highest BCUT2D eigenvalue weighted by Gasteiger charge is 2.10. The minimum Gasteiger partial charge on any atom is -0.493 e. The lowest BCUT2D eigenvalue weighted by atomic mass is 10.2. The monoisotopic (exact) mass is 359 g/mol. The van der Waals surface area contributed by atoms with Crippen LogP contribution >= 0.6 is 0 Å². The van der Waals surface area contributed by atoms with Gasteiger partial charge in [0.2, 0.25) is 0 Å². The van der Waals surface area contributed by atoms with Crippen LogP contribution in [0.25, 0.3) is 0 Å². The van der Waals surface area contributed by atoms with Gasteiger partial charge in [0.25, 0.3) is 11.6 Å². The number of rotatable bonds is 9. The molecule has 0 bridgehead atoms. The molecular formula is C18H21N3O5. The molecule has 0 aromatic heterocycles. The van der Waals surface area contributed by atoms with Crippen molar-refractivity contribution < 1.29 is 19.2 Å². The zero-order chi connectivity index (χ0) is 18.9. The number of methoxy groups -OCH3 is 1. The van der Waals surface area contributed by atoms with Crippen LogP contribution in [-0.2, 0) is 0 Å². The second-order valence-electron chi connectivity index (χ2n) is 5.29. The van der Waals surface area contributed by atoms with Crippen molar-refractivity contribution in [3.8, 4) is 11.5 Å². The summed E-state index contributed by atoms with van der Waals surface area (Å²) in [6, 6.07) is 11.1. The first-order valence-electron chi connectivity index (χ1n) is 8.12. The molecular weight excluding hydrogens is 338 g/mol. The molecule has 0 saturated carbocycles. The maximum absolute atomic E-state index is 12.2. The van der Waals surface area contributed by atoms with Gasteiger partial charge in [0.15, 0.2) is 11.5 Å². The second kappa shape index (κ2) is 9.26. The summed E-state index contributed by atoms with van der Waals surface area (Å²) in [5.41, 5.74) is 1.25. The van der Waals surface area contributed by atoms with Crippen molar-refractivity contribution in [3.05, 3.63) is 58.1 Å². The van der Waals surface area contributed by atoms with Gasteiger partial charge in [0.1, 0.15) is 0 Å². The minimum atomic E-state index is -0.449. The number of hydrogen-bond acceptors (Lipinski definition) is 6. The number of carbonyl (C=O) groups excluding carboxylic acids is 1. The number of carbonyl (C=O) groups is 1. The lowest BCUT2D eigenvalue weighted by Gasteiger charge is -2.11. The molecule has 0 radical (unpaired) electrons. The largest absolute Gasteiger partial charge is 0.493 e.